The second-order valence-electron chi connectivity index (χ2n) is 8.73. The Morgan fingerprint density at radius 1 is 1.03 bits per heavy atom. The Labute approximate surface area is 222 Å². The Morgan fingerprint density at radius 3 is 2.41 bits per heavy atom. The summed E-state index contributed by atoms with van der Waals surface area (Å²) in [6.07, 6.45) is 2.72. The highest BCUT2D eigenvalue weighted by molar-refractivity contribution is 7.89. The molecule has 1 saturated heterocycles. The molecule has 1 aliphatic heterocycles. The van der Waals surface area contributed by atoms with Crippen LogP contribution in [0.25, 0.3) is 0 Å². The molecule has 1 fully saturated rings. The van der Waals surface area contributed by atoms with E-state index in [9.17, 15) is 13.2 Å². The van der Waals surface area contributed by atoms with Crippen molar-refractivity contribution in [1.29, 1.82) is 0 Å². The normalized spacial score (nSPS) is 16.2. The molecule has 8 nitrogen and oxygen atoms in total. The van der Waals surface area contributed by atoms with E-state index in [1.807, 2.05) is 5.38 Å². The summed E-state index contributed by atoms with van der Waals surface area (Å²) in [4.78, 5) is 13.1. The van der Waals surface area contributed by atoms with E-state index in [2.05, 4.69) is 16.8 Å². The van der Waals surface area contributed by atoms with Crippen molar-refractivity contribution in [3.63, 3.8) is 0 Å². The van der Waals surface area contributed by atoms with Crippen molar-refractivity contribution in [2.45, 2.75) is 43.2 Å². The van der Waals surface area contributed by atoms with Crippen LogP contribution in [0.5, 0.6) is 17.2 Å². The quantitative estimate of drug-likeness (QED) is 0.388. The summed E-state index contributed by atoms with van der Waals surface area (Å²) in [5, 5.41) is 6.96. The number of methoxy groups -OCH3 is 2. The third kappa shape index (κ3) is 6.44. The number of benzene rings is 2. The molecule has 1 aromatic heterocycles. The van der Waals surface area contributed by atoms with Gasteiger partial charge in [0, 0.05) is 19.5 Å². The van der Waals surface area contributed by atoms with Crippen molar-refractivity contribution in [3.8, 4) is 17.2 Å². The maximum absolute atomic E-state index is 13.8. The van der Waals surface area contributed by atoms with Crippen LogP contribution in [0.1, 0.15) is 30.4 Å². The molecule has 198 valence electrons. The van der Waals surface area contributed by atoms with Gasteiger partial charge in [-0.2, -0.15) is 15.6 Å². The first-order chi connectivity index (χ1) is 17.9. The molecular weight excluding hydrogens is 512 g/mol. The summed E-state index contributed by atoms with van der Waals surface area (Å²) < 4.78 is 46.1. The molecule has 0 unspecified atom stereocenters. The number of hydrogen-bond donors (Lipinski definition) is 1. The Kier molecular flexibility index (Phi) is 9.07. The van der Waals surface area contributed by atoms with Crippen molar-refractivity contribution in [1.82, 2.24) is 9.62 Å². The number of sulfonamides is 1. The lowest BCUT2D eigenvalue weighted by Gasteiger charge is -2.29. The fourth-order valence-corrected chi connectivity index (χ4v) is 6.67. The van der Waals surface area contributed by atoms with E-state index in [0.717, 1.165) is 19.3 Å². The van der Waals surface area contributed by atoms with Crippen molar-refractivity contribution in [2.24, 2.45) is 0 Å². The highest BCUT2D eigenvalue weighted by Crippen LogP contribution is 2.39. The van der Waals surface area contributed by atoms with Crippen LogP contribution in [0.15, 0.2) is 64.2 Å². The fourth-order valence-electron chi connectivity index (χ4n) is 4.34. The lowest BCUT2D eigenvalue weighted by atomic mass is 10.1. The van der Waals surface area contributed by atoms with E-state index >= 15 is 0 Å². The number of thiophene rings is 1. The van der Waals surface area contributed by atoms with Gasteiger partial charge in [0.15, 0.2) is 11.5 Å². The minimum atomic E-state index is -3.98. The van der Waals surface area contributed by atoms with Gasteiger partial charge in [-0.05, 0) is 71.5 Å². The summed E-state index contributed by atoms with van der Waals surface area (Å²) in [6, 6.07) is 12.9. The molecule has 1 aliphatic rings. The van der Waals surface area contributed by atoms with Crippen molar-refractivity contribution >= 4 is 27.3 Å². The zero-order chi connectivity index (χ0) is 26.3. The predicted octanol–water partition coefficient (Wildman–Crippen LogP) is 4.25. The monoisotopic (exact) mass is 544 g/mol. The number of amides is 1. The average molecular weight is 545 g/mol. The van der Waals surface area contributed by atoms with Gasteiger partial charge < -0.3 is 19.5 Å². The van der Waals surface area contributed by atoms with Gasteiger partial charge in [0.2, 0.25) is 21.7 Å². The van der Waals surface area contributed by atoms with Gasteiger partial charge in [-0.3, -0.25) is 4.79 Å². The van der Waals surface area contributed by atoms with Crippen LogP contribution in [0.2, 0.25) is 0 Å². The van der Waals surface area contributed by atoms with Gasteiger partial charge in [0.05, 0.1) is 25.7 Å². The minimum absolute atomic E-state index is 0.0305. The number of carbonyl (C=O) groups is 1. The summed E-state index contributed by atoms with van der Waals surface area (Å²) in [5.41, 5.74) is 1.80. The summed E-state index contributed by atoms with van der Waals surface area (Å²) in [7, 11) is -0.917. The molecule has 3 aromatic rings. The first-order valence-corrected chi connectivity index (χ1v) is 14.6. The van der Waals surface area contributed by atoms with Gasteiger partial charge in [-0.1, -0.05) is 18.2 Å². The zero-order valence-corrected chi connectivity index (χ0v) is 22.6. The van der Waals surface area contributed by atoms with E-state index in [4.69, 9.17) is 14.2 Å². The lowest BCUT2D eigenvalue weighted by Crippen LogP contribution is -2.48. The number of nitrogens with one attached hydrogen (secondary N) is 1. The van der Waals surface area contributed by atoms with E-state index in [1.54, 1.807) is 53.8 Å². The zero-order valence-electron chi connectivity index (χ0n) is 21.0. The average Bonchev–Trinajstić information content (AvgIpc) is 3.35. The van der Waals surface area contributed by atoms with Gasteiger partial charge in [0.1, 0.15) is 6.04 Å². The Morgan fingerprint density at radius 2 is 1.76 bits per heavy atom. The van der Waals surface area contributed by atoms with Gasteiger partial charge in [-0.25, -0.2) is 8.42 Å². The molecule has 0 aliphatic carbocycles. The standard InChI is InChI=1S/C27H32N2O6S2/c1-33-24-16-21(17-25(34-2)26(24)35-14-11-20-12-15-36-19-20)18-29(23-10-6-7-13-28-27(23)30)37(31,32)22-8-4-3-5-9-22/h3-5,8-9,12,15-17,19,23H,6-7,10-11,13-14,18H2,1-2H3,(H,28,30)/t23-/m0/s1. The second-order valence-corrected chi connectivity index (χ2v) is 11.4. The van der Waals surface area contributed by atoms with E-state index in [1.165, 1.54) is 24.1 Å². The van der Waals surface area contributed by atoms with Gasteiger partial charge in [0.25, 0.3) is 0 Å². The Hall–Kier alpha value is -3.08. The first-order valence-electron chi connectivity index (χ1n) is 12.2. The Balaban J connectivity index is 1.66. The molecule has 1 amide bonds. The smallest absolute Gasteiger partial charge is 0.244 e. The van der Waals surface area contributed by atoms with Crippen LogP contribution >= 0.6 is 11.3 Å². The van der Waals surface area contributed by atoms with Crippen molar-refractivity contribution in [2.75, 3.05) is 27.4 Å². The number of rotatable bonds is 11. The first kappa shape index (κ1) is 27.0. The highest BCUT2D eigenvalue weighted by Gasteiger charge is 2.36. The molecule has 37 heavy (non-hydrogen) atoms. The molecule has 10 heteroatoms. The van der Waals surface area contributed by atoms with Crippen LogP contribution in [-0.4, -0.2) is 52.0 Å². The highest BCUT2D eigenvalue weighted by atomic mass is 32.2. The SMILES string of the molecule is COc1cc(CN([C@H]2CCCCNC2=O)S(=O)(=O)c2ccccc2)cc(OC)c1OCCc1ccsc1. The number of ether oxygens (including phenoxy) is 3. The summed E-state index contributed by atoms with van der Waals surface area (Å²) in [6.45, 7) is 0.935. The third-order valence-corrected chi connectivity index (χ3v) is 8.88. The molecule has 2 heterocycles. The molecule has 0 spiro atoms. The largest absolute Gasteiger partial charge is 0.493 e. The summed E-state index contributed by atoms with van der Waals surface area (Å²) >= 11 is 1.64. The van der Waals surface area contributed by atoms with Gasteiger partial charge in [-0.15, -0.1) is 0 Å². The van der Waals surface area contributed by atoms with E-state index in [-0.39, 0.29) is 17.3 Å². The van der Waals surface area contributed by atoms with Crippen molar-refractivity contribution in [3.05, 3.63) is 70.4 Å². The van der Waals surface area contributed by atoms with Crippen LogP contribution in [0.3, 0.4) is 0 Å². The molecule has 0 saturated carbocycles. The van der Waals surface area contributed by atoms with Gasteiger partial charge >= 0.3 is 0 Å². The molecule has 0 radical (unpaired) electrons. The molecular formula is C27H32N2O6S2. The minimum Gasteiger partial charge on any atom is -0.493 e. The van der Waals surface area contributed by atoms with Crippen molar-refractivity contribution < 1.29 is 27.4 Å². The maximum atomic E-state index is 13.8. The second kappa shape index (κ2) is 12.4. The van der Waals surface area contributed by atoms with E-state index in [0.29, 0.717) is 42.4 Å². The number of hydrogen-bond acceptors (Lipinski definition) is 7. The van der Waals surface area contributed by atoms with Crippen LogP contribution < -0.4 is 19.5 Å². The Bertz CT molecular complexity index is 1250. The van der Waals surface area contributed by atoms with Crippen LogP contribution in [-0.2, 0) is 27.8 Å². The topological polar surface area (TPSA) is 94.2 Å². The molecule has 4 rings (SSSR count). The maximum Gasteiger partial charge on any atom is 0.244 e. The number of carbonyl (C=O) groups excluding carboxylic acids is 1. The molecule has 1 atom stereocenters. The van der Waals surface area contributed by atoms with Crippen LogP contribution in [0.4, 0.5) is 0 Å². The van der Waals surface area contributed by atoms with E-state index < -0.39 is 16.1 Å². The lowest BCUT2D eigenvalue weighted by molar-refractivity contribution is -0.124. The molecule has 2 aromatic carbocycles. The molecule has 1 N–H and O–H groups in total. The third-order valence-electron chi connectivity index (χ3n) is 6.28. The summed E-state index contributed by atoms with van der Waals surface area (Å²) in [5.74, 6) is 1.03. The molecule has 0 bridgehead atoms. The van der Waals surface area contributed by atoms with Crippen LogP contribution in [0, 0.1) is 0 Å². The number of nitrogens with zero attached hydrogens (tertiary/aromatic N) is 1. The predicted molar refractivity (Wildman–Crippen MR) is 143 cm³/mol. The fraction of sp³-hybridized carbons (Fsp3) is 0.370.